The van der Waals surface area contributed by atoms with Gasteiger partial charge in [0.1, 0.15) is 0 Å². The summed E-state index contributed by atoms with van der Waals surface area (Å²) in [5.41, 5.74) is 1.53. The summed E-state index contributed by atoms with van der Waals surface area (Å²) in [6, 6.07) is 0. The van der Waals surface area contributed by atoms with E-state index in [4.69, 9.17) is 0 Å². The molecule has 0 N–H and O–H groups in total. The van der Waals surface area contributed by atoms with Crippen LogP contribution in [0.4, 0.5) is 0 Å². The minimum atomic E-state index is 0.0338. The van der Waals surface area contributed by atoms with Crippen LogP contribution in [0.5, 0.6) is 0 Å². The number of rotatable bonds is 0. The van der Waals surface area contributed by atoms with Crippen LogP contribution in [0.25, 0.3) is 0 Å². The van der Waals surface area contributed by atoms with Crippen LogP contribution >= 0.6 is 0 Å². The molecule has 2 nitrogen and oxygen atoms in total. The van der Waals surface area contributed by atoms with Crippen LogP contribution in [0.15, 0.2) is 35.5 Å². The molecule has 13 heavy (non-hydrogen) atoms. The molecule has 3 aliphatic carbocycles. The van der Waals surface area contributed by atoms with Gasteiger partial charge in [-0.1, -0.05) is 12.2 Å². The van der Waals surface area contributed by atoms with Gasteiger partial charge in [-0.25, -0.2) is 0 Å². The smallest absolute Gasteiger partial charge is 0.182 e. The Bertz CT molecular complexity index is 374. The molecule has 0 aliphatic heterocycles. The van der Waals surface area contributed by atoms with Crippen LogP contribution in [0.1, 0.15) is 6.42 Å². The minimum absolute atomic E-state index is 0.0338. The van der Waals surface area contributed by atoms with Crippen molar-refractivity contribution in [3.8, 4) is 0 Å². The quantitative estimate of drug-likeness (QED) is 0.406. The van der Waals surface area contributed by atoms with Crippen LogP contribution in [-0.2, 0) is 9.59 Å². The lowest BCUT2D eigenvalue weighted by Crippen LogP contribution is -2.17. The first-order valence-electron chi connectivity index (χ1n) is 4.46. The van der Waals surface area contributed by atoms with E-state index in [2.05, 4.69) is 0 Å². The lowest BCUT2D eigenvalue weighted by Gasteiger charge is -2.14. The van der Waals surface area contributed by atoms with E-state index in [0.717, 1.165) is 17.6 Å². The van der Waals surface area contributed by atoms with Crippen molar-refractivity contribution in [2.24, 2.45) is 11.8 Å². The number of carbonyl (C=O) groups excluding carboxylic acids is 2. The Morgan fingerprint density at radius 2 is 1.38 bits per heavy atom. The Morgan fingerprint density at radius 3 is 1.85 bits per heavy atom. The zero-order valence-electron chi connectivity index (χ0n) is 6.99. The van der Waals surface area contributed by atoms with E-state index in [0.29, 0.717) is 0 Å². The molecule has 64 valence electrons. The molecular weight excluding hydrogens is 164 g/mol. The molecule has 3 rings (SSSR count). The van der Waals surface area contributed by atoms with Gasteiger partial charge in [0.15, 0.2) is 11.6 Å². The molecule has 0 aromatic rings. The third kappa shape index (κ3) is 0.730. The van der Waals surface area contributed by atoms with Crippen LogP contribution in [-0.4, -0.2) is 11.6 Å². The van der Waals surface area contributed by atoms with E-state index in [1.54, 1.807) is 0 Å². The van der Waals surface area contributed by atoms with Crippen LogP contribution in [0.3, 0.4) is 0 Å². The fourth-order valence-electron chi connectivity index (χ4n) is 2.49. The summed E-state index contributed by atoms with van der Waals surface area (Å²) in [7, 11) is 0. The zero-order chi connectivity index (χ0) is 9.00. The molecule has 0 fully saturated rings. The zero-order valence-corrected chi connectivity index (χ0v) is 6.99. The standard InChI is InChI=1S/C11H8O2/c12-8-3-4-9(13)11-7-2-1-6(5-7)10(8)11/h1-4,6-7H,5H2/t6-,7+. The first-order valence-corrected chi connectivity index (χ1v) is 4.46. The van der Waals surface area contributed by atoms with E-state index < -0.39 is 0 Å². The van der Waals surface area contributed by atoms with Crippen LogP contribution in [0.2, 0.25) is 0 Å². The lowest BCUT2D eigenvalue weighted by molar-refractivity contribution is -0.115. The average Bonchev–Trinajstić information content (AvgIpc) is 2.70. The molecule has 0 radical (unpaired) electrons. The van der Waals surface area contributed by atoms with E-state index in [-0.39, 0.29) is 23.4 Å². The van der Waals surface area contributed by atoms with Gasteiger partial charge in [0, 0.05) is 23.0 Å². The topological polar surface area (TPSA) is 34.1 Å². The summed E-state index contributed by atoms with van der Waals surface area (Å²) in [4.78, 5) is 23.0. The number of hydrogen-bond donors (Lipinski definition) is 0. The van der Waals surface area contributed by atoms with Crippen molar-refractivity contribution in [3.05, 3.63) is 35.5 Å². The van der Waals surface area contributed by atoms with Crippen LogP contribution in [0, 0.1) is 11.8 Å². The molecule has 0 saturated heterocycles. The van der Waals surface area contributed by atoms with Crippen molar-refractivity contribution in [2.75, 3.05) is 0 Å². The highest BCUT2D eigenvalue weighted by Crippen LogP contribution is 2.45. The maximum absolute atomic E-state index is 11.5. The molecule has 0 amide bonds. The van der Waals surface area contributed by atoms with E-state index in [1.807, 2.05) is 12.2 Å². The highest BCUT2D eigenvalue weighted by atomic mass is 16.1. The number of carbonyl (C=O) groups is 2. The van der Waals surface area contributed by atoms with Gasteiger partial charge < -0.3 is 0 Å². The molecule has 2 heteroatoms. The summed E-state index contributed by atoms with van der Waals surface area (Å²) in [6.07, 6.45) is 7.83. The van der Waals surface area contributed by atoms with Crippen molar-refractivity contribution in [1.82, 2.24) is 0 Å². The minimum Gasteiger partial charge on any atom is -0.290 e. The Balaban J connectivity index is 2.19. The molecule has 0 unspecified atom stereocenters. The summed E-state index contributed by atoms with van der Waals surface area (Å²) >= 11 is 0. The van der Waals surface area contributed by atoms with Gasteiger partial charge in [0.05, 0.1) is 0 Å². The maximum atomic E-state index is 11.5. The Labute approximate surface area is 75.6 Å². The highest BCUT2D eigenvalue weighted by molar-refractivity contribution is 6.21. The molecule has 2 atom stereocenters. The highest BCUT2D eigenvalue weighted by Gasteiger charge is 2.41. The van der Waals surface area contributed by atoms with Crippen molar-refractivity contribution >= 4 is 11.6 Å². The second kappa shape index (κ2) is 2.08. The maximum Gasteiger partial charge on any atom is 0.182 e. The molecule has 0 spiro atoms. The Hall–Kier alpha value is -1.44. The van der Waals surface area contributed by atoms with Gasteiger partial charge in [0.25, 0.3) is 0 Å². The number of allylic oxidation sites excluding steroid dienone is 6. The molecule has 0 aromatic carbocycles. The van der Waals surface area contributed by atoms with E-state index in [1.165, 1.54) is 12.2 Å². The lowest BCUT2D eigenvalue weighted by atomic mass is 9.87. The number of hydrogen-bond acceptors (Lipinski definition) is 2. The number of ketones is 2. The van der Waals surface area contributed by atoms with Crippen molar-refractivity contribution in [2.45, 2.75) is 6.42 Å². The predicted octanol–water partition coefficient (Wildman–Crippen LogP) is 1.20. The molecule has 3 aliphatic rings. The summed E-state index contributed by atoms with van der Waals surface area (Å²) in [5.74, 6) is 0.515. The van der Waals surface area contributed by atoms with Gasteiger partial charge in [0.2, 0.25) is 0 Å². The summed E-state index contributed by atoms with van der Waals surface area (Å²) in [5, 5.41) is 0. The largest absolute Gasteiger partial charge is 0.290 e. The normalized spacial score (nSPS) is 34.8. The first-order chi connectivity index (χ1) is 6.27. The molecule has 2 bridgehead atoms. The van der Waals surface area contributed by atoms with E-state index >= 15 is 0 Å². The molecular formula is C11H8O2. The van der Waals surface area contributed by atoms with Crippen molar-refractivity contribution in [3.63, 3.8) is 0 Å². The van der Waals surface area contributed by atoms with Crippen molar-refractivity contribution < 1.29 is 9.59 Å². The second-order valence-corrected chi connectivity index (χ2v) is 3.72. The van der Waals surface area contributed by atoms with Gasteiger partial charge in [-0.2, -0.15) is 0 Å². The second-order valence-electron chi connectivity index (χ2n) is 3.72. The van der Waals surface area contributed by atoms with Crippen molar-refractivity contribution in [1.29, 1.82) is 0 Å². The van der Waals surface area contributed by atoms with E-state index in [9.17, 15) is 9.59 Å². The fourth-order valence-corrected chi connectivity index (χ4v) is 2.49. The Morgan fingerprint density at radius 1 is 0.923 bits per heavy atom. The summed E-state index contributed by atoms with van der Waals surface area (Å²) in [6.45, 7) is 0. The average molecular weight is 172 g/mol. The van der Waals surface area contributed by atoms with Gasteiger partial charge in [-0.05, 0) is 18.6 Å². The Kier molecular flexibility index (Phi) is 1.12. The van der Waals surface area contributed by atoms with Crippen LogP contribution < -0.4 is 0 Å². The predicted molar refractivity (Wildman–Crippen MR) is 46.9 cm³/mol. The fraction of sp³-hybridized carbons (Fsp3) is 0.273. The molecule has 0 heterocycles. The SMILES string of the molecule is O=C1C=CC(=O)C2=C1[C@@H]1C=C[C@H]2C1. The van der Waals surface area contributed by atoms with Gasteiger partial charge in [-0.3, -0.25) is 9.59 Å². The monoisotopic (exact) mass is 172 g/mol. The van der Waals surface area contributed by atoms with Gasteiger partial charge >= 0.3 is 0 Å². The third-order valence-corrected chi connectivity index (χ3v) is 3.03. The number of fused-ring (bicyclic) bond motifs is 4. The molecule has 0 aromatic heterocycles. The van der Waals surface area contributed by atoms with Gasteiger partial charge in [-0.15, -0.1) is 0 Å². The summed E-state index contributed by atoms with van der Waals surface area (Å²) < 4.78 is 0. The third-order valence-electron chi connectivity index (χ3n) is 3.03. The molecule has 0 saturated carbocycles. The first kappa shape index (κ1) is 7.01.